The Hall–Kier alpha value is -5.55. The van der Waals surface area contributed by atoms with Gasteiger partial charge in [0.15, 0.2) is 0 Å². The predicted octanol–water partition coefficient (Wildman–Crippen LogP) is 6.30. The molecular formula is C55H72N8O7S. The van der Waals surface area contributed by atoms with Gasteiger partial charge in [0.2, 0.25) is 17.7 Å². The highest BCUT2D eigenvalue weighted by atomic mass is 32.1. The van der Waals surface area contributed by atoms with Crippen LogP contribution in [0.5, 0.6) is 0 Å². The number of hydrogen-bond acceptors (Lipinski definition) is 11. The summed E-state index contributed by atoms with van der Waals surface area (Å²) in [5.74, 6) is -2.41. The summed E-state index contributed by atoms with van der Waals surface area (Å²) in [5, 5.41) is 5.59. The molecule has 6 heterocycles. The number of aromatic nitrogens is 2. The first-order valence-corrected chi connectivity index (χ1v) is 25.7. The molecule has 4 amide bonds. The van der Waals surface area contributed by atoms with Crippen molar-refractivity contribution in [2.24, 2.45) is 11.3 Å². The number of esters is 1. The molecule has 16 heteroatoms. The number of nitrogens with one attached hydrogen (secondary N) is 2. The third-order valence-corrected chi connectivity index (χ3v) is 15.5. The molecule has 8 rings (SSSR count). The van der Waals surface area contributed by atoms with E-state index in [1.807, 2.05) is 26.0 Å². The van der Waals surface area contributed by atoms with Crippen molar-refractivity contribution in [1.29, 1.82) is 0 Å². The van der Waals surface area contributed by atoms with Crippen LogP contribution in [0.15, 0.2) is 61.2 Å². The van der Waals surface area contributed by atoms with Crippen molar-refractivity contribution in [2.45, 2.75) is 122 Å². The molecule has 2 aromatic heterocycles. The molecule has 5 atom stereocenters. The monoisotopic (exact) mass is 989 g/mol. The van der Waals surface area contributed by atoms with Crippen molar-refractivity contribution >= 4 is 53.1 Å². The number of cyclic esters (lactones) is 1. The summed E-state index contributed by atoms with van der Waals surface area (Å²) >= 11 is 4.79. The lowest BCUT2D eigenvalue weighted by Gasteiger charge is -2.38. The quantitative estimate of drug-likeness (QED) is 0.0936. The zero-order chi connectivity index (χ0) is 51.1. The third kappa shape index (κ3) is 10.5. The van der Waals surface area contributed by atoms with Crippen molar-refractivity contribution < 1.29 is 33.4 Å². The summed E-state index contributed by atoms with van der Waals surface area (Å²) in [5.41, 5.74) is 12.9. The second-order valence-corrected chi connectivity index (χ2v) is 22.1. The number of nitrogens with zero attached hydrogens (tertiary/aromatic N) is 6. The molecule has 0 aliphatic carbocycles. The number of benzene rings is 2. The number of carbonyl (C=O) groups excluding carboxylic acids is 5. The smallest absolute Gasteiger partial charge is 0.324 e. The van der Waals surface area contributed by atoms with Crippen molar-refractivity contribution in [3.63, 3.8) is 0 Å². The number of amides is 4. The Bertz CT molecular complexity index is 2740. The van der Waals surface area contributed by atoms with E-state index < -0.39 is 52.0 Å². The molecule has 15 nitrogen and oxygen atoms in total. The first-order chi connectivity index (χ1) is 33.8. The lowest BCUT2D eigenvalue weighted by atomic mass is 9.83. The summed E-state index contributed by atoms with van der Waals surface area (Å²) in [7, 11) is 5.44. The first-order valence-electron chi connectivity index (χ1n) is 25.2. The number of pyridine rings is 1. The van der Waals surface area contributed by atoms with Crippen LogP contribution >= 0.6 is 12.6 Å². The van der Waals surface area contributed by atoms with Crippen molar-refractivity contribution in [3.8, 4) is 22.4 Å². The summed E-state index contributed by atoms with van der Waals surface area (Å²) in [6, 6.07) is 14.1. The largest absolute Gasteiger partial charge is 0.464 e. The van der Waals surface area contributed by atoms with E-state index in [4.69, 9.17) is 27.1 Å². The third-order valence-electron chi connectivity index (χ3n) is 15.0. The van der Waals surface area contributed by atoms with Gasteiger partial charge in [0, 0.05) is 93.8 Å². The number of fused-ring (bicyclic) bond motifs is 7. The molecule has 4 aliphatic heterocycles. The minimum atomic E-state index is -1.21. The van der Waals surface area contributed by atoms with Gasteiger partial charge in [-0.1, -0.05) is 64.6 Å². The van der Waals surface area contributed by atoms with Crippen LogP contribution in [-0.2, 0) is 65.8 Å². The average molecular weight is 989 g/mol. The molecule has 2 saturated heterocycles. The molecule has 2 aromatic carbocycles. The molecule has 4 aliphatic rings. The minimum Gasteiger partial charge on any atom is -0.464 e. The van der Waals surface area contributed by atoms with Crippen LogP contribution in [0.2, 0.25) is 0 Å². The van der Waals surface area contributed by atoms with E-state index in [1.54, 1.807) is 14.2 Å². The van der Waals surface area contributed by atoms with E-state index in [9.17, 15) is 24.0 Å². The number of likely N-dealkylation sites (tertiary alicyclic amines) is 1. The molecule has 380 valence electrons. The maximum atomic E-state index is 14.8. The van der Waals surface area contributed by atoms with Gasteiger partial charge >= 0.3 is 5.97 Å². The van der Waals surface area contributed by atoms with Gasteiger partial charge in [0.25, 0.3) is 5.91 Å². The summed E-state index contributed by atoms with van der Waals surface area (Å²) in [6.07, 6.45) is 3.84. The lowest BCUT2D eigenvalue weighted by Crippen LogP contribution is -2.62. The standard InChI is InChI=1S/C55H72N8O7S/c1-11-46(64)61-24-21-55(71,31-61)53(68)60(9)48(33(3)4)50(65)57-44-26-35-15-13-16-36(25-35)37-18-19-45-39(27-37)41(29-54(6,7)32-70-52(67)43-17-14-22-63(58-43)51(44)66)49(62(45)12-2)40-28-38-30-59(8)23-20-42(38)56-47(40)34(5)69-10/h11,13,15-16,18-19,25,27-28,33-34,43-44,48,58,71H,1,12,14,17,20-24,26,29-32H2,2-10H3,(H,57,65)/t34-,43-,44-,48?,55?/m0/s1. The first kappa shape index (κ1) is 51.8. The molecule has 6 bridgehead atoms. The predicted molar refractivity (Wildman–Crippen MR) is 278 cm³/mol. The minimum absolute atomic E-state index is 0.0777. The number of thiol groups is 1. The highest BCUT2D eigenvalue weighted by molar-refractivity contribution is 7.82. The fourth-order valence-corrected chi connectivity index (χ4v) is 11.5. The Kier molecular flexibility index (Phi) is 15.2. The van der Waals surface area contributed by atoms with Gasteiger partial charge in [-0.3, -0.25) is 34.0 Å². The Morgan fingerprint density at radius 3 is 2.56 bits per heavy atom. The molecule has 4 aromatic rings. The van der Waals surface area contributed by atoms with Gasteiger partial charge in [-0.2, -0.15) is 12.6 Å². The second kappa shape index (κ2) is 20.9. The van der Waals surface area contributed by atoms with Gasteiger partial charge in [-0.25, -0.2) is 5.43 Å². The molecule has 2 N–H and O–H groups in total. The number of aryl methyl sites for hydroxylation is 1. The Balaban J connectivity index is 1.21. The van der Waals surface area contributed by atoms with Crippen molar-refractivity contribution in [3.05, 3.63) is 89.3 Å². The maximum absolute atomic E-state index is 14.8. The number of hydrogen-bond donors (Lipinski definition) is 3. The van der Waals surface area contributed by atoms with Crippen LogP contribution < -0.4 is 10.7 Å². The normalized spacial score (nSPS) is 22.6. The Morgan fingerprint density at radius 1 is 1.08 bits per heavy atom. The van der Waals surface area contributed by atoms with Gasteiger partial charge in [0.1, 0.15) is 22.9 Å². The van der Waals surface area contributed by atoms with Gasteiger partial charge in [0.05, 0.1) is 24.1 Å². The number of hydrazine groups is 1. The van der Waals surface area contributed by atoms with Crippen LogP contribution in [0.25, 0.3) is 33.3 Å². The van der Waals surface area contributed by atoms with Crippen LogP contribution in [0, 0.1) is 11.3 Å². The van der Waals surface area contributed by atoms with Gasteiger partial charge < -0.3 is 34.1 Å². The Morgan fingerprint density at radius 2 is 1.85 bits per heavy atom. The topological polar surface area (TPSA) is 159 Å². The molecule has 2 unspecified atom stereocenters. The van der Waals surface area contributed by atoms with E-state index in [0.29, 0.717) is 45.3 Å². The van der Waals surface area contributed by atoms with E-state index >= 15 is 0 Å². The Labute approximate surface area is 424 Å². The lowest BCUT2D eigenvalue weighted by molar-refractivity contribution is -0.155. The number of likely N-dealkylation sites (N-methyl/N-ethyl adjacent to an activating group) is 2. The molecular weight excluding hydrogens is 917 g/mol. The summed E-state index contributed by atoms with van der Waals surface area (Å²) in [6.45, 7) is 19.0. The molecule has 0 spiro atoms. The number of methoxy groups -OCH3 is 1. The zero-order valence-corrected chi connectivity index (χ0v) is 43.9. The van der Waals surface area contributed by atoms with Crippen LogP contribution in [0.3, 0.4) is 0 Å². The van der Waals surface area contributed by atoms with E-state index in [-0.39, 0.29) is 37.5 Å². The molecule has 0 saturated carbocycles. The van der Waals surface area contributed by atoms with Crippen molar-refractivity contribution in [1.82, 2.24) is 40.0 Å². The second-order valence-electron chi connectivity index (χ2n) is 21.3. The highest BCUT2D eigenvalue weighted by Crippen LogP contribution is 2.43. The average Bonchev–Trinajstić information content (AvgIpc) is 3.91. The van der Waals surface area contributed by atoms with Crippen molar-refractivity contribution in [2.75, 3.05) is 54.0 Å². The van der Waals surface area contributed by atoms with E-state index in [2.05, 4.69) is 97.9 Å². The highest BCUT2D eigenvalue weighted by Gasteiger charge is 2.47. The molecule has 71 heavy (non-hydrogen) atoms. The fourth-order valence-electron chi connectivity index (χ4n) is 11.1. The van der Waals surface area contributed by atoms with E-state index in [0.717, 1.165) is 75.3 Å². The zero-order valence-electron chi connectivity index (χ0n) is 43.0. The molecule has 0 radical (unpaired) electrons. The number of ether oxygens (including phenoxy) is 2. The summed E-state index contributed by atoms with van der Waals surface area (Å²) < 4.78 is 13.4. The van der Waals surface area contributed by atoms with Crippen LogP contribution in [0.4, 0.5) is 0 Å². The maximum Gasteiger partial charge on any atom is 0.324 e. The number of carbonyl (C=O) groups is 5. The summed E-state index contributed by atoms with van der Waals surface area (Å²) in [4.78, 5) is 80.8. The SMILES string of the molecule is C=CC(=O)N1CCC(S)(C(=O)N(C)C(C(=O)N[C@H]2Cc3cccc(c3)-c3ccc4c(c3)c(c(-c3cc5c(nc3[C@H](C)OC)CCN(C)C5)n4CC)CC(C)(C)COC(=O)[C@@H]3CCCN(N3)C2=O)C(C)C)C1. The molecule has 2 fully saturated rings. The fraction of sp³-hybridized carbons (Fsp3) is 0.527. The van der Waals surface area contributed by atoms with Crippen LogP contribution in [0.1, 0.15) is 95.0 Å². The van der Waals surface area contributed by atoms with Gasteiger partial charge in [-0.05, 0) is 105 Å². The number of rotatable bonds is 10. The van der Waals surface area contributed by atoms with Gasteiger partial charge in [-0.15, -0.1) is 0 Å². The van der Waals surface area contributed by atoms with E-state index in [1.165, 1.54) is 26.4 Å². The van der Waals surface area contributed by atoms with Crippen LogP contribution in [-0.4, -0.2) is 136 Å².